The number of esters is 2. The van der Waals surface area contributed by atoms with Crippen LogP contribution < -0.4 is 5.11 Å². The Bertz CT molecular complexity index is 1080. The molecule has 0 saturated heterocycles. The van der Waals surface area contributed by atoms with E-state index >= 15 is 0 Å². The predicted octanol–water partition coefficient (Wildman–Crippen LogP) is 15.9. The number of carbonyl (C=O) groups excluding carboxylic acids is 3. The summed E-state index contributed by atoms with van der Waals surface area (Å²) in [5, 5.41) is 11.7. The number of quaternary nitrogens is 1. The van der Waals surface area contributed by atoms with Gasteiger partial charge in [0.1, 0.15) is 13.2 Å². The zero-order valence-corrected chi connectivity index (χ0v) is 46.0. The highest BCUT2D eigenvalue weighted by molar-refractivity contribution is 5.70. The third kappa shape index (κ3) is 52.1. The van der Waals surface area contributed by atoms with Crippen LogP contribution in [-0.4, -0.2) is 82.3 Å². The lowest BCUT2D eigenvalue weighted by molar-refractivity contribution is -0.870. The molecule has 68 heavy (non-hydrogen) atoms. The van der Waals surface area contributed by atoms with Crippen LogP contribution >= 0.6 is 0 Å². The molecule has 9 heteroatoms. The van der Waals surface area contributed by atoms with Crippen LogP contribution in [0.5, 0.6) is 0 Å². The molecule has 404 valence electrons. The quantitative estimate of drug-likeness (QED) is 0.0256. The molecule has 0 aliphatic heterocycles. The first-order chi connectivity index (χ1) is 33.1. The van der Waals surface area contributed by atoms with Crippen LogP contribution in [0.15, 0.2) is 0 Å². The molecule has 0 rings (SSSR count). The van der Waals surface area contributed by atoms with E-state index in [1.807, 2.05) is 21.1 Å². The number of rotatable bonds is 56. The average Bonchev–Trinajstić information content (AvgIpc) is 3.30. The van der Waals surface area contributed by atoms with Gasteiger partial charge in [0.25, 0.3) is 0 Å². The Balaban J connectivity index is 4.01. The van der Waals surface area contributed by atoms with Crippen LogP contribution in [-0.2, 0) is 33.3 Å². The summed E-state index contributed by atoms with van der Waals surface area (Å²) in [6.07, 6.45) is 54.6. The largest absolute Gasteiger partial charge is 0.545 e. The smallest absolute Gasteiger partial charge is 0.306 e. The Hall–Kier alpha value is -1.71. The first kappa shape index (κ1) is 66.3. The minimum Gasteiger partial charge on any atom is -0.545 e. The Kier molecular flexibility index (Phi) is 50.3. The molecule has 0 aromatic carbocycles. The maximum absolute atomic E-state index is 12.8. The monoisotopic (exact) mass is 966 g/mol. The van der Waals surface area contributed by atoms with E-state index in [0.29, 0.717) is 17.4 Å². The lowest BCUT2D eigenvalue weighted by Gasteiger charge is -2.26. The number of carboxylic acids is 1. The molecule has 0 spiro atoms. The Morgan fingerprint density at radius 3 is 0.941 bits per heavy atom. The van der Waals surface area contributed by atoms with Crippen molar-refractivity contribution in [3.05, 3.63) is 0 Å². The molecule has 9 nitrogen and oxygen atoms in total. The van der Waals surface area contributed by atoms with Gasteiger partial charge in [-0.05, 0) is 12.8 Å². The number of aliphatic carboxylic acids is 1. The van der Waals surface area contributed by atoms with Gasteiger partial charge in [0, 0.05) is 12.8 Å². The Labute approximate surface area is 422 Å². The maximum atomic E-state index is 12.8. The van der Waals surface area contributed by atoms with E-state index in [9.17, 15) is 19.5 Å². The molecular weight excluding hydrogens is 851 g/mol. The Morgan fingerprint density at radius 2 is 0.662 bits per heavy atom. The van der Waals surface area contributed by atoms with Gasteiger partial charge in [-0.15, -0.1) is 0 Å². The molecule has 0 heterocycles. The third-order valence-electron chi connectivity index (χ3n) is 13.6. The van der Waals surface area contributed by atoms with Crippen LogP contribution in [0.4, 0.5) is 0 Å². The molecule has 0 aromatic heterocycles. The van der Waals surface area contributed by atoms with Gasteiger partial charge < -0.3 is 33.3 Å². The van der Waals surface area contributed by atoms with Crippen molar-refractivity contribution >= 4 is 17.9 Å². The minimum atomic E-state index is -1.61. The van der Waals surface area contributed by atoms with Gasteiger partial charge in [0.05, 0.1) is 40.3 Å². The lowest BCUT2D eigenvalue weighted by atomic mass is 10.0. The molecule has 0 saturated carbocycles. The van der Waals surface area contributed by atoms with E-state index in [1.54, 1.807) is 0 Å². The predicted molar refractivity (Wildman–Crippen MR) is 284 cm³/mol. The van der Waals surface area contributed by atoms with Crippen LogP contribution in [0.25, 0.3) is 0 Å². The SMILES string of the molecule is CCCCCCCCCCCCCCCCCCCCCCCCCCCCCCCCCC(=O)OC(COC(=O)CCCCCCCCCCCCCC)COC(OCC[N+](C)(C)C)C(=O)[O-]. The number of carbonyl (C=O) groups is 3. The first-order valence-corrected chi connectivity index (χ1v) is 29.7. The second kappa shape index (κ2) is 51.6. The summed E-state index contributed by atoms with van der Waals surface area (Å²) in [6.45, 7) is 4.80. The average molecular weight is 967 g/mol. The van der Waals surface area contributed by atoms with Gasteiger partial charge in [0.15, 0.2) is 12.4 Å². The molecule has 0 aliphatic carbocycles. The number of carboxylic acid groups (broad SMARTS) is 1. The van der Waals surface area contributed by atoms with Crippen LogP contribution in [0.2, 0.25) is 0 Å². The zero-order chi connectivity index (χ0) is 49.9. The fourth-order valence-electron chi connectivity index (χ4n) is 9.01. The van der Waals surface area contributed by atoms with Crippen molar-refractivity contribution in [1.29, 1.82) is 0 Å². The molecule has 0 bridgehead atoms. The van der Waals surface area contributed by atoms with Crippen molar-refractivity contribution in [2.45, 2.75) is 315 Å². The molecule has 0 radical (unpaired) electrons. The van der Waals surface area contributed by atoms with E-state index < -0.39 is 24.3 Å². The van der Waals surface area contributed by atoms with Crippen molar-refractivity contribution < 1.29 is 42.9 Å². The van der Waals surface area contributed by atoms with Crippen molar-refractivity contribution in [3.63, 3.8) is 0 Å². The molecule has 0 aliphatic rings. The summed E-state index contributed by atoms with van der Waals surface area (Å²) in [5.41, 5.74) is 0. The second-order valence-electron chi connectivity index (χ2n) is 21.7. The van der Waals surface area contributed by atoms with Gasteiger partial charge in [-0.2, -0.15) is 0 Å². The highest BCUT2D eigenvalue weighted by Crippen LogP contribution is 2.18. The van der Waals surface area contributed by atoms with E-state index in [2.05, 4.69) is 13.8 Å². The lowest BCUT2D eigenvalue weighted by Crippen LogP contribution is -2.44. The summed E-state index contributed by atoms with van der Waals surface area (Å²) in [5.74, 6) is -2.26. The summed E-state index contributed by atoms with van der Waals surface area (Å²) < 4.78 is 22.7. The first-order valence-electron chi connectivity index (χ1n) is 29.7. The second-order valence-corrected chi connectivity index (χ2v) is 21.7. The molecule has 0 N–H and O–H groups in total. The van der Waals surface area contributed by atoms with Crippen molar-refractivity contribution in [2.75, 3.05) is 47.5 Å². The summed E-state index contributed by atoms with van der Waals surface area (Å²) >= 11 is 0. The number of unbranched alkanes of at least 4 members (excludes halogenated alkanes) is 41. The highest BCUT2D eigenvalue weighted by atomic mass is 16.7. The van der Waals surface area contributed by atoms with Crippen molar-refractivity contribution in [1.82, 2.24) is 0 Å². The normalized spacial score (nSPS) is 12.7. The minimum absolute atomic E-state index is 0.153. The molecule has 2 unspecified atom stereocenters. The highest BCUT2D eigenvalue weighted by Gasteiger charge is 2.22. The third-order valence-corrected chi connectivity index (χ3v) is 13.6. The van der Waals surface area contributed by atoms with Crippen molar-refractivity contribution in [3.8, 4) is 0 Å². The van der Waals surface area contributed by atoms with E-state index in [1.165, 1.54) is 238 Å². The van der Waals surface area contributed by atoms with Gasteiger partial charge in [0.2, 0.25) is 0 Å². The van der Waals surface area contributed by atoms with Gasteiger partial charge >= 0.3 is 11.9 Å². The number of ether oxygens (including phenoxy) is 4. The van der Waals surface area contributed by atoms with E-state index in [0.717, 1.165) is 38.5 Å². The fourth-order valence-corrected chi connectivity index (χ4v) is 9.01. The Morgan fingerprint density at radius 1 is 0.382 bits per heavy atom. The molecule has 0 amide bonds. The van der Waals surface area contributed by atoms with E-state index in [-0.39, 0.29) is 32.2 Å². The zero-order valence-electron chi connectivity index (χ0n) is 46.0. The summed E-state index contributed by atoms with van der Waals surface area (Å²) in [7, 11) is 5.93. The molecule has 2 atom stereocenters. The standard InChI is InChI=1S/C59H115NO8/c1-6-8-10-12-14-16-18-20-21-22-23-24-25-26-27-28-29-30-31-32-33-34-35-36-37-38-40-42-44-46-48-50-57(62)68-55(54-67-59(58(63)64)65-52-51-60(3,4)5)53-66-56(61)49-47-45-43-41-39-19-17-15-13-11-9-7-2/h55,59H,6-54H2,1-5H3. The topological polar surface area (TPSA) is 111 Å². The summed E-state index contributed by atoms with van der Waals surface area (Å²) in [6, 6.07) is 0. The number of hydrogen-bond acceptors (Lipinski definition) is 8. The van der Waals surface area contributed by atoms with Gasteiger partial charge in [-0.3, -0.25) is 9.59 Å². The van der Waals surface area contributed by atoms with Crippen LogP contribution in [0, 0.1) is 0 Å². The van der Waals surface area contributed by atoms with Crippen molar-refractivity contribution in [2.24, 2.45) is 0 Å². The number of hydrogen-bond donors (Lipinski definition) is 0. The number of nitrogens with zero attached hydrogens (tertiary/aromatic N) is 1. The molecule has 0 aromatic rings. The maximum Gasteiger partial charge on any atom is 0.306 e. The van der Waals surface area contributed by atoms with Gasteiger partial charge in [-0.25, -0.2) is 0 Å². The van der Waals surface area contributed by atoms with Crippen LogP contribution in [0.1, 0.15) is 303 Å². The van der Waals surface area contributed by atoms with Gasteiger partial charge in [-0.1, -0.05) is 277 Å². The molecule has 0 fully saturated rings. The van der Waals surface area contributed by atoms with E-state index in [4.69, 9.17) is 18.9 Å². The number of likely N-dealkylation sites (N-methyl/N-ethyl adjacent to an activating group) is 1. The van der Waals surface area contributed by atoms with Crippen LogP contribution in [0.3, 0.4) is 0 Å². The molecular formula is C59H115NO8. The fraction of sp³-hybridized carbons (Fsp3) is 0.949. The summed E-state index contributed by atoms with van der Waals surface area (Å²) in [4.78, 5) is 37.2.